The normalized spacial score (nSPS) is 26.6. The van der Waals surface area contributed by atoms with Crippen molar-refractivity contribution >= 4 is 11.9 Å². The van der Waals surface area contributed by atoms with Crippen molar-refractivity contribution in [3.8, 4) is 0 Å². The van der Waals surface area contributed by atoms with Crippen molar-refractivity contribution in [2.24, 2.45) is 11.3 Å². The van der Waals surface area contributed by atoms with Crippen molar-refractivity contribution in [3.05, 3.63) is 35.9 Å². The monoisotopic (exact) mass is 233 g/mol. The Labute approximate surface area is 99.6 Å². The molecule has 1 aromatic rings. The molecule has 2 atom stereocenters. The number of carboxylic acid groups (broad SMARTS) is 1. The SMILES string of the molecule is CC1(C)C(=O)N[C@H](c2ccccc2)[C@H]1C(=O)O. The lowest BCUT2D eigenvalue weighted by Gasteiger charge is -2.23. The van der Waals surface area contributed by atoms with Crippen molar-refractivity contribution < 1.29 is 14.7 Å². The maximum absolute atomic E-state index is 11.8. The van der Waals surface area contributed by atoms with E-state index in [1.807, 2.05) is 30.3 Å². The van der Waals surface area contributed by atoms with Crippen LogP contribution in [0.1, 0.15) is 25.5 Å². The van der Waals surface area contributed by atoms with E-state index in [1.165, 1.54) is 0 Å². The van der Waals surface area contributed by atoms with Gasteiger partial charge in [-0.1, -0.05) is 44.2 Å². The molecule has 0 spiro atoms. The van der Waals surface area contributed by atoms with Gasteiger partial charge in [-0.25, -0.2) is 0 Å². The maximum Gasteiger partial charge on any atom is 0.310 e. The number of carbonyl (C=O) groups excluding carboxylic acids is 1. The molecule has 1 aliphatic rings. The molecule has 0 aromatic heterocycles. The summed E-state index contributed by atoms with van der Waals surface area (Å²) < 4.78 is 0. The van der Waals surface area contributed by atoms with E-state index >= 15 is 0 Å². The third-order valence-corrected chi connectivity index (χ3v) is 3.41. The lowest BCUT2D eigenvalue weighted by Crippen LogP contribution is -2.32. The molecule has 1 saturated heterocycles. The molecule has 0 saturated carbocycles. The quantitative estimate of drug-likeness (QED) is 0.815. The van der Waals surface area contributed by atoms with Crippen LogP contribution in [-0.4, -0.2) is 17.0 Å². The van der Waals surface area contributed by atoms with Gasteiger partial charge in [-0.3, -0.25) is 9.59 Å². The van der Waals surface area contributed by atoms with Gasteiger partial charge in [-0.15, -0.1) is 0 Å². The Kier molecular flexibility index (Phi) is 2.65. The number of aliphatic carboxylic acids is 1. The van der Waals surface area contributed by atoms with Crippen LogP contribution in [0.2, 0.25) is 0 Å². The van der Waals surface area contributed by atoms with Crippen LogP contribution in [0.3, 0.4) is 0 Å². The van der Waals surface area contributed by atoms with Crippen molar-refractivity contribution in [2.45, 2.75) is 19.9 Å². The molecule has 1 aromatic carbocycles. The minimum absolute atomic E-state index is 0.209. The summed E-state index contributed by atoms with van der Waals surface area (Å²) in [6, 6.07) is 8.76. The lowest BCUT2D eigenvalue weighted by atomic mass is 9.77. The minimum Gasteiger partial charge on any atom is -0.481 e. The first-order valence-electron chi connectivity index (χ1n) is 5.53. The van der Waals surface area contributed by atoms with E-state index in [2.05, 4.69) is 5.32 Å². The second-order valence-electron chi connectivity index (χ2n) is 4.90. The Morgan fingerprint density at radius 2 is 1.88 bits per heavy atom. The largest absolute Gasteiger partial charge is 0.481 e. The predicted octanol–water partition coefficient (Wildman–Crippen LogP) is 1.58. The van der Waals surface area contributed by atoms with Crippen molar-refractivity contribution in [3.63, 3.8) is 0 Å². The van der Waals surface area contributed by atoms with Gasteiger partial charge in [0.2, 0.25) is 5.91 Å². The smallest absolute Gasteiger partial charge is 0.310 e. The van der Waals surface area contributed by atoms with E-state index in [4.69, 9.17) is 0 Å². The van der Waals surface area contributed by atoms with E-state index in [9.17, 15) is 14.7 Å². The van der Waals surface area contributed by atoms with Gasteiger partial charge < -0.3 is 10.4 Å². The van der Waals surface area contributed by atoms with Gasteiger partial charge in [0.05, 0.1) is 17.4 Å². The Morgan fingerprint density at radius 1 is 1.29 bits per heavy atom. The van der Waals surface area contributed by atoms with Crippen LogP contribution in [0.15, 0.2) is 30.3 Å². The number of rotatable bonds is 2. The Balaban J connectivity index is 2.42. The second kappa shape index (κ2) is 3.87. The van der Waals surface area contributed by atoms with E-state index in [-0.39, 0.29) is 5.91 Å². The fourth-order valence-corrected chi connectivity index (χ4v) is 2.36. The molecule has 1 heterocycles. The van der Waals surface area contributed by atoms with Gasteiger partial charge in [0.25, 0.3) is 0 Å². The molecule has 1 amide bonds. The molecule has 0 radical (unpaired) electrons. The zero-order valence-corrected chi connectivity index (χ0v) is 9.81. The van der Waals surface area contributed by atoms with E-state index < -0.39 is 23.3 Å². The van der Waals surface area contributed by atoms with Gasteiger partial charge in [0, 0.05) is 0 Å². The summed E-state index contributed by atoms with van der Waals surface area (Å²) in [4.78, 5) is 23.2. The van der Waals surface area contributed by atoms with Gasteiger partial charge in [0.15, 0.2) is 0 Å². The number of benzene rings is 1. The standard InChI is InChI=1S/C13H15NO3/c1-13(2)9(11(15)16)10(14-12(13)17)8-6-4-3-5-7-8/h3-7,9-10H,1-2H3,(H,14,17)(H,15,16)/t9-,10+/m0/s1. The molecule has 90 valence electrons. The van der Waals surface area contributed by atoms with Crippen LogP contribution in [0.5, 0.6) is 0 Å². The van der Waals surface area contributed by atoms with Crippen LogP contribution < -0.4 is 5.32 Å². The average Bonchev–Trinajstić information content (AvgIpc) is 2.51. The van der Waals surface area contributed by atoms with Gasteiger partial charge in [-0.05, 0) is 5.56 Å². The molecule has 2 rings (SSSR count). The number of hydrogen-bond acceptors (Lipinski definition) is 2. The zero-order valence-electron chi connectivity index (χ0n) is 9.81. The Morgan fingerprint density at radius 3 is 2.41 bits per heavy atom. The molecule has 0 aliphatic carbocycles. The molecular weight excluding hydrogens is 218 g/mol. The highest BCUT2D eigenvalue weighted by Crippen LogP contribution is 2.42. The van der Waals surface area contributed by atoms with Crippen LogP contribution >= 0.6 is 0 Å². The first-order valence-corrected chi connectivity index (χ1v) is 5.53. The summed E-state index contributed by atoms with van der Waals surface area (Å²) in [6.45, 7) is 3.34. The topological polar surface area (TPSA) is 66.4 Å². The second-order valence-corrected chi connectivity index (χ2v) is 4.90. The number of carboxylic acids is 1. The number of nitrogens with one attached hydrogen (secondary N) is 1. The van der Waals surface area contributed by atoms with E-state index in [0.29, 0.717) is 0 Å². The molecular formula is C13H15NO3. The fraction of sp³-hybridized carbons (Fsp3) is 0.385. The highest BCUT2D eigenvalue weighted by molar-refractivity contribution is 5.92. The first kappa shape index (κ1) is 11.6. The maximum atomic E-state index is 11.8. The number of hydrogen-bond donors (Lipinski definition) is 2. The molecule has 1 fully saturated rings. The first-order chi connectivity index (χ1) is 7.94. The summed E-state index contributed by atoms with van der Waals surface area (Å²) in [5, 5.41) is 12.1. The summed E-state index contributed by atoms with van der Waals surface area (Å²) in [5.41, 5.74) is -0.0504. The van der Waals surface area contributed by atoms with Crippen molar-refractivity contribution in [1.82, 2.24) is 5.32 Å². The van der Waals surface area contributed by atoms with Crippen LogP contribution in [0, 0.1) is 11.3 Å². The van der Waals surface area contributed by atoms with Crippen LogP contribution in [0.25, 0.3) is 0 Å². The lowest BCUT2D eigenvalue weighted by molar-refractivity contribution is -0.147. The van der Waals surface area contributed by atoms with Gasteiger partial charge in [-0.2, -0.15) is 0 Å². The van der Waals surface area contributed by atoms with Gasteiger partial charge >= 0.3 is 5.97 Å². The van der Waals surface area contributed by atoms with Crippen molar-refractivity contribution in [1.29, 1.82) is 0 Å². The summed E-state index contributed by atoms with van der Waals surface area (Å²) in [6.07, 6.45) is 0. The van der Waals surface area contributed by atoms with Gasteiger partial charge in [0.1, 0.15) is 0 Å². The Bertz CT molecular complexity index is 453. The third kappa shape index (κ3) is 1.79. The Hall–Kier alpha value is -1.84. The fourth-order valence-electron chi connectivity index (χ4n) is 2.36. The highest BCUT2D eigenvalue weighted by Gasteiger charge is 2.53. The number of amides is 1. The molecule has 4 nitrogen and oxygen atoms in total. The molecule has 4 heteroatoms. The molecule has 1 aliphatic heterocycles. The van der Waals surface area contributed by atoms with Crippen LogP contribution in [-0.2, 0) is 9.59 Å². The molecule has 0 bridgehead atoms. The predicted molar refractivity (Wildman–Crippen MR) is 62.2 cm³/mol. The molecule has 0 unspecified atom stereocenters. The average molecular weight is 233 g/mol. The van der Waals surface area contributed by atoms with E-state index in [1.54, 1.807) is 13.8 Å². The highest BCUT2D eigenvalue weighted by atomic mass is 16.4. The van der Waals surface area contributed by atoms with Crippen LogP contribution in [0.4, 0.5) is 0 Å². The number of carbonyl (C=O) groups is 2. The molecule has 17 heavy (non-hydrogen) atoms. The summed E-state index contributed by atoms with van der Waals surface area (Å²) in [5.74, 6) is -1.89. The zero-order chi connectivity index (χ0) is 12.6. The summed E-state index contributed by atoms with van der Waals surface area (Å²) in [7, 11) is 0. The van der Waals surface area contributed by atoms with Crippen molar-refractivity contribution in [2.75, 3.05) is 0 Å². The minimum atomic E-state index is -0.942. The van der Waals surface area contributed by atoms with E-state index in [0.717, 1.165) is 5.56 Å². The third-order valence-electron chi connectivity index (χ3n) is 3.41. The summed E-state index contributed by atoms with van der Waals surface area (Å²) >= 11 is 0. The molecule has 2 N–H and O–H groups in total.